The molecule has 142 valence electrons. The summed E-state index contributed by atoms with van der Waals surface area (Å²) < 4.78 is 0. The highest BCUT2D eigenvalue weighted by molar-refractivity contribution is 8.00. The first-order chi connectivity index (χ1) is 14.8. The van der Waals surface area contributed by atoms with Crippen LogP contribution in [0.25, 0.3) is 43.1 Å². The Hall–Kier alpha value is -3.23. The molecule has 2 aliphatic rings. The predicted octanol–water partition coefficient (Wildman–Crippen LogP) is 7.87. The van der Waals surface area contributed by atoms with Crippen molar-refractivity contribution in [3.63, 3.8) is 0 Å². The van der Waals surface area contributed by atoms with E-state index < -0.39 is 0 Å². The zero-order valence-electron chi connectivity index (χ0n) is 16.2. The molecule has 2 heteroatoms. The highest BCUT2D eigenvalue weighted by Gasteiger charge is 2.36. The summed E-state index contributed by atoms with van der Waals surface area (Å²) in [7, 11) is 0. The zero-order valence-corrected chi connectivity index (χ0v) is 17.0. The lowest BCUT2D eigenvalue weighted by Gasteiger charge is -2.19. The van der Waals surface area contributed by atoms with E-state index >= 15 is 0 Å². The van der Waals surface area contributed by atoms with Crippen LogP contribution >= 0.6 is 11.8 Å². The van der Waals surface area contributed by atoms with Crippen molar-refractivity contribution in [3.05, 3.63) is 102 Å². The average Bonchev–Trinajstić information content (AvgIpc) is 3.17. The average molecular weight is 403 g/mol. The fourth-order valence-corrected chi connectivity index (χ4v) is 7.00. The van der Waals surface area contributed by atoms with Crippen molar-refractivity contribution < 1.29 is 5.11 Å². The van der Waals surface area contributed by atoms with Crippen LogP contribution in [0.2, 0.25) is 0 Å². The van der Waals surface area contributed by atoms with Gasteiger partial charge < -0.3 is 5.11 Å². The first-order valence-corrected chi connectivity index (χ1v) is 11.2. The van der Waals surface area contributed by atoms with Crippen molar-refractivity contribution >= 4 is 54.9 Å². The topological polar surface area (TPSA) is 20.2 Å². The van der Waals surface area contributed by atoms with Crippen LogP contribution in [-0.2, 0) is 0 Å². The van der Waals surface area contributed by atoms with Crippen LogP contribution in [0.3, 0.4) is 0 Å². The van der Waals surface area contributed by atoms with Crippen LogP contribution in [0, 0.1) is 0 Å². The first kappa shape index (κ1) is 16.6. The molecule has 5 aromatic rings. The number of aliphatic hydroxyl groups is 1. The van der Waals surface area contributed by atoms with Crippen LogP contribution in [0.5, 0.6) is 0 Å². The number of hydrogen-bond donors (Lipinski definition) is 1. The van der Waals surface area contributed by atoms with Crippen molar-refractivity contribution in [2.75, 3.05) is 0 Å². The number of benzene rings is 5. The van der Waals surface area contributed by atoms with E-state index in [1.54, 1.807) is 0 Å². The number of fused-ring (bicyclic) bond motifs is 13. The molecular formula is C28H18OS. The fraction of sp³-hybridized carbons (Fsp3) is 0.0714. The maximum absolute atomic E-state index is 10.1. The van der Waals surface area contributed by atoms with E-state index in [4.69, 9.17) is 0 Å². The smallest absolute Gasteiger partial charge is 0.112 e. The van der Waals surface area contributed by atoms with Gasteiger partial charge in [-0.15, -0.1) is 11.8 Å². The Kier molecular flexibility index (Phi) is 3.26. The minimum atomic E-state index is 0.240. The summed E-state index contributed by atoms with van der Waals surface area (Å²) in [5, 5.41) is 21.0. The molecular weight excluding hydrogens is 384 g/mol. The standard InChI is InChI=1S/C28H18OS/c29-16-13-14-23-24(15-16)30-28-26(23)22-12-6-5-11-21(22)25-19-9-3-1-7-17(19)18-8-2-4-10-20(18)27(25)28/h1-15,23-24,29H. The van der Waals surface area contributed by atoms with Crippen molar-refractivity contribution in [1.29, 1.82) is 0 Å². The van der Waals surface area contributed by atoms with E-state index in [-0.39, 0.29) is 5.25 Å². The molecule has 1 heterocycles. The molecule has 30 heavy (non-hydrogen) atoms. The van der Waals surface area contributed by atoms with E-state index in [9.17, 15) is 5.11 Å². The van der Waals surface area contributed by atoms with E-state index in [1.807, 2.05) is 23.9 Å². The number of hydrogen-bond acceptors (Lipinski definition) is 2. The number of allylic oxidation sites excluding steroid dienone is 2. The largest absolute Gasteiger partial charge is 0.508 e. The molecule has 1 aliphatic heterocycles. The molecule has 0 fully saturated rings. The molecule has 2 atom stereocenters. The third kappa shape index (κ3) is 2.04. The van der Waals surface area contributed by atoms with Crippen molar-refractivity contribution in [2.24, 2.45) is 0 Å². The molecule has 1 nitrogen and oxygen atoms in total. The van der Waals surface area contributed by atoms with Gasteiger partial charge in [0.1, 0.15) is 5.76 Å². The maximum Gasteiger partial charge on any atom is 0.112 e. The number of aliphatic hydroxyl groups excluding tert-OH is 1. The lowest BCUT2D eigenvalue weighted by atomic mass is 9.83. The molecule has 0 radical (unpaired) electrons. The van der Waals surface area contributed by atoms with Gasteiger partial charge in [-0.05, 0) is 55.4 Å². The second-order valence-corrected chi connectivity index (χ2v) is 9.38. The first-order valence-electron chi connectivity index (χ1n) is 10.3. The SMILES string of the molecule is OC1=CC2Sc3c(c4ccccc4c4c5ccccc5c5ccccc5c34)C2C=C1. The molecule has 0 saturated heterocycles. The predicted molar refractivity (Wildman–Crippen MR) is 129 cm³/mol. The van der Waals surface area contributed by atoms with E-state index in [0.717, 1.165) is 0 Å². The lowest BCUT2D eigenvalue weighted by molar-refractivity contribution is 0.426. The van der Waals surface area contributed by atoms with Gasteiger partial charge >= 0.3 is 0 Å². The third-order valence-electron chi connectivity index (χ3n) is 6.64. The van der Waals surface area contributed by atoms with Crippen LogP contribution < -0.4 is 0 Å². The van der Waals surface area contributed by atoms with Gasteiger partial charge in [-0.3, -0.25) is 0 Å². The van der Waals surface area contributed by atoms with Gasteiger partial charge in [0, 0.05) is 21.4 Å². The Labute approximate surface area is 178 Å². The third-order valence-corrected chi connectivity index (χ3v) is 8.00. The molecule has 0 spiro atoms. The summed E-state index contributed by atoms with van der Waals surface area (Å²) in [6.45, 7) is 0. The van der Waals surface area contributed by atoms with Crippen LogP contribution in [0.1, 0.15) is 11.5 Å². The quantitative estimate of drug-likeness (QED) is 0.266. The number of thioether (sulfide) groups is 1. The minimum absolute atomic E-state index is 0.240. The Morgan fingerprint density at radius 2 is 1.17 bits per heavy atom. The van der Waals surface area contributed by atoms with E-state index in [2.05, 4.69) is 78.9 Å². The van der Waals surface area contributed by atoms with Crippen LogP contribution in [-0.4, -0.2) is 10.4 Å². The Morgan fingerprint density at radius 1 is 0.633 bits per heavy atom. The summed E-state index contributed by atoms with van der Waals surface area (Å²) in [4.78, 5) is 1.37. The second kappa shape index (κ2) is 5.90. The van der Waals surface area contributed by atoms with Crippen molar-refractivity contribution in [2.45, 2.75) is 16.1 Å². The van der Waals surface area contributed by atoms with E-state index in [1.165, 1.54) is 53.5 Å². The van der Waals surface area contributed by atoms with Gasteiger partial charge in [0.2, 0.25) is 0 Å². The van der Waals surface area contributed by atoms with Crippen LogP contribution in [0.15, 0.2) is 102 Å². The summed E-state index contributed by atoms with van der Waals surface area (Å²) in [5.41, 5.74) is 1.41. The van der Waals surface area contributed by atoms with E-state index in [0.29, 0.717) is 11.7 Å². The molecule has 5 aromatic carbocycles. The van der Waals surface area contributed by atoms with Crippen molar-refractivity contribution in [3.8, 4) is 0 Å². The highest BCUT2D eigenvalue weighted by atomic mass is 32.2. The monoisotopic (exact) mass is 402 g/mol. The molecule has 2 unspecified atom stereocenters. The summed E-state index contributed by atoms with van der Waals surface area (Å²) in [6.07, 6.45) is 6.05. The molecule has 0 bridgehead atoms. The highest BCUT2D eigenvalue weighted by Crippen LogP contribution is 2.56. The van der Waals surface area contributed by atoms with Gasteiger partial charge in [0.05, 0.1) is 0 Å². The normalized spacial score (nSPS) is 20.1. The van der Waals surface area contributed by atoms with Crippen LogP contribution in [0.4, 0.5) is 0 Å². The Bertz CT molecular complexity index is 1590. The molecule has 1 aliphatic carbocycles. The second-order valence-electron chi connectivity index (χ2n) is 8.19. The summed E-state index contributed by atoms with van der Waals surface area (Å²) >= 11 is 1.90. The summed E-state index contributed by atoms with van der Waals surface area (Å²) in [5.74, 6) is 0.668. The molecule has 0 amide bonds. The molecule has 7 rings (SSSR count). The minimum Gasteiger partial charge on any atom is -0.508 e. The Balaban J connectivity index is 1.80. The molecule has 0 saturated carbocycles. The lowest BCUT2D eigenvalue weighted by Crippen LogP contribution is -2.09. The maximum atomic E-state index is 10.1. The number of rotatable bonds is 0. The van der Waals surface area contributed by atoms with Gasteiger partial charge in [0.25, 0.3) is 0 Å². The van der Waals surface area contributed by atoms with Gasteiger partial charge in [-0.25, -0.2) is 0 Å². The fourth-order valence-electron chi connectivity index (χ4n) is 5.45. The van der Waals surface area contributed by atoms with Crippen molar-refractivity contribution in [1.82, 2.24) is 0 Å². The zero-order chi connectivity index (χ0) is 19.8. The Morgan fingerprint density at radius 3 is 1.83 bits per heavy atom. The van der Waals surface area contributed by atoms with Gasteiger partial charge in [-0.2, -0.15) is 0 Å². The van der Waals surface area contributed by atoms with Gasteiger partial charge in [-0.1, -0.05) is 78.9 Å². The van der Waals surface area contributed by atoms with Gasteiger partial charge in [0.15, 0.2) is 0 Å². The molecule has 1 N–H and O–H groups in total. The molecule has 0 aromatic heterocycles. The summed E-state index contributed by atoms with van der Waals surface area (Å²) in [6, 6.07) is 26.4.